The Hall–Kier alpha value is -1.92. The predicted octanol–water partition coefficient (Wildman–Crippen LogP) is 2.32. The fraction of sp³-hybridized carbons (Fsp3) is 0.375. The summed E-state index contributed by atoms with van der Waals surface area (Å²) in [5, 5.41) is 11.5. The topological polar surface area (TPSA) is 62.7 Å². The number of piperidine rings is 1. The number of thiazole rings is 1. The van der Waals surface area contributed by atoms with E-state index in [0.29, 0.717) is 43.9 Å². The highest BCUT2D eigenvalue weighted by atomic mass is 32.1. The monoisotopic (exact) mass is 318 g/mol. The Morgan fingerprint density at radius 2 is 2.14 bits per heavy atom. The molecule has 6 heteroatoms. The molecule has 0 saturated carbocycles. The molecular weight excluding hydrogens is 300 g/mol. The van der Waals surface area contributed by atoms with E-state index < -0.39 is 0 Å². The molecule has 1 aliphatic heterocycles. The molecule has 1 N–H and O–H groups in total. The first-order chi connectivity index (χ1) is 10.7. The van der Waals surface area contributed by atoms with Crippen LogP contribution in [0, 0.1) is 0 Å². The molecule has 1 amide bonds. The van der Waals surface area contributed by atoms with Crippen molar-refractivity contribution in [2.45, 2.75) is 25.6 Å². The summed E-state index contributed by atoms with van der Waals surface area (Å²) in [6.07, 6.45) is 0.974. The molecule has 5 nitrogen and oxygen atoms in total. The maximum atomic E-state index is 12.6. The van der Waals surface area contributed by atoms with Gasteiger partial charge >= 0.3 is 0 Å². The second kappa shape index (κ2) is 6.89. The zero-order valence-electron chi connectivity index (χ0n) is 12.1. The first-order valence-corrected chi connectivity index (χ1v) is 8.24. The van der Waals surface area contributed by atoms with Gasteiger partial charge in [-0.2, -0.15) is 0 Å². The molecule has 0 spiro atoms. The van der Waals surface area contributed by atoms with Gasteiger partial charge in [0.05, 0.1) is 22.9 Å². The zero-order valence-corrected chi connectivity index (χ0v) is 13.0. The van der Waals surface area contributed by atoms with Gasteiger partial charge < -0.3 is 14.7 Å². The van der Waals surface area contributed by atoms with Crippen molar-refractivity contribution in [1.29, 1.82) is 0 Å². The van der Waals surface area contributed by atoms with Crippen LogP contribution in [0.2, 0.25) is 0 Å². The Kier molecular flexibility index (Phi) is 4.70. The summed E-state index contributed by atoms with van der Waals surface area (Å²) in [5.41, 5.74) is 3.18. The number of carbonyl (C=O) groups excluding carboxylic acids is 1. The summed E-state index contributed by atoms with van der Waals surface area (Å²) in [6, 6.07) is 7.27. The number of rotatable bonds is 4. The van der Waals surface area contributed by atoms with Gasteiger partial charge in [-0.1, -0.05) is 12.1 Å². The number of para-hydroxylation sites is 1. The highest BCUT2D eigenvalue weighted by Gasteiger charge is 2.24. The van der Waals surface area contributed by atoms with E-state index in [1.54, 1.807) is 22.5 Å². The van der Waals surface area contributed by atoms with Gasteiger partial charge in [-0.25, -0.2) is 4.98 Å². The van der Waals surface area contributed by atoms with Crippen LogP contribution in [0.3, 0.4) is 0 Å². The molecule has 0 bridgehead atoms. The SMILES string of the molecule is O=C(c1ccccc1OCc1cscn1)N1CCC(O)CC1. The van der Waals surface area contributed by atoms with E-state index in [2.05, 4.69) is 4.98 Å². The van der Waals surface area contributed by atoms with E-state index >= 15 is 0 Å². The number of aliphatic hydroxyl groups is 1. The molecule has 3 rings (SSSR count). The van der Waals surface area contributed by atoms with Crippen LogP contribution in [0.15, 0.2) is 35.2 Å². The van der Waals surface area contributed by atoms with Gasteiger partial charge in [-0.3, -0.25) is 4.79 Å². The van der Waals surface area contributed by atoms with Crippen LogP contribution < -0.4 is 4.74 Å². The van der Waals surface area contributed by atoms with Crippen molar-refractivity contribution in [3.05, 3.63) is 46.4 Å². The Morgan fingerprint density at radius 1 is 1.36 bits per heavy atom. The molecule has 1 aromatic carbocycles. The average molecular weight is 318 g/mol. The number of nitrogens with zero attached hydrogens (tertiary/aromatic N) is 2. The van der Waals surface area contributed by atoms with E-state index in [4.69, 9.17) is 4.74 Å². The molecule has 2 heterocycles. The molecule has 1 saturated heterocycles. The number of hydrogen-bond donors (Lipinski definition) is 1. The van der Waals surface area contributed by atoms with Crippen molar-refractivity contribution in [2.75, 3.05) is 13.1 Å². The van der Waals surface area contributed by atoms with E-state index in [9.17, 15) is 9.90 Å². The van der Waals surface area contributed by atoms with E-state index in [0.717, 1.165) is 5.69 Å². The molecule has 0 radical (unpaired) electrons. The summed E-state index contributed by atoms with van der Waals surface area (Å²) in [7, 11) is 0. The maximum Gasteiger partial charge on any atom is 0.257 e. The van der Waals surface area contributed by atoms with Crippen LogP contribution in [0.1, 0.15) is 28.9 Å². The number of ether oxygens (including phenoxy) is 1. The third kappa shape index (κ3) is 3.45. The van der Waals surface area contributed by atoms with Gasteiger partial charge in [0.2, 0.25) is 0 Å². The maximum absolute atomic E-state index is 12.6. The van der Waals surface area contributed by atoms with Gasteiger partial charge in [0.1, 0.15) is 12.4 Å². The second-order valence-electron chi connectivity index (χ2n) is 5.29. The molecule has 2 aromatic rings. The van der Waals surface area contributed by atoms with Crippen molar-refractivity contribution >= 4 is 17.2 Å². The Balaban J connectivity index is 1.71. The summed E-state index contributed by atoms with van der Waals surface area (Å²) in [6.45, 7) is 1.52. The van der Waals surface area contributed by atoms with Gasteiger partial charge in [-0.15, -0.1) is 11.3 Å². The van der Waals surface area contributed by atoms with E-state index in [1.807, 2.05) is 17.5 Å². The minimum atomic E-state index is -0.291. The lowest BCUT2D eigenvalue weighted by atomic mass is 10.1. The Morgan fingerprint density at radius 3 is 2.86 bits per heavy atom. The molecule has 116 valence electrons. The number of aliphatic hydroxyl groups excluding tert-OH is 1. The fourth-order valence-electron chi connectivity index (χ4n) is 2.47. The molecule has 1 fully saturated rings. The first-order valence-electron chi connectivity index (χ1n) is 7.30. The van der Waals surface area contributed by atoms with E-state index in [-0.39, 0.29) is 12.0 Å². The predicted molar refractivity (Wildman–Crippen MR) is 84.0 cm³/mol. The van der Waals surface area contributed by atoms with Crippen molar-refractivity contribution in [3.8, 4) is 5.75 Å². The van der Waals surface area contributed by atoms with Crippen LogP contribution >= 0.6 is 11.3 Å². The van der Waals surface area contributed by atoms with Gasteiger partial charge in [0.25, 0.3) is 5.91 Å². The highest BCUT2D eigenvalue weighted by molar-refractivity contribution is 7.07. The number of likely N-dealkylation sites (tertiary alicyclic amines) is 1. The minimum Gasteiger partial charge on any atom is -0.486 e. The quantitative estimate of drug-likeness (QED) is 0.940. The lowest BCUT2D eigenvalue weighted by Gasteiger charge is -2.30. The molecule has 1 aromatic heterocycles. The molecule has 0 unspecified atom stereocenters. The number of benzene rings is 1. The standard InChI is InChI=1S/C16H18N2O3S/c19-13-5-7-18(8-6-13)16(20)14-3-1-2-4-15(14)21-9-12-10-22-11-17-12/h1-4,10-11,13,19H,5-9H2. The third-order valence-electron chi connectivity index (χ3n) is 3.73. The first kappa shape index (κ1) is 15.0. The molecule has 0 aliphatic carbocycles. The Bertz CT molecular complexity index is 622. The van der Waals surface area contributed by atoms with Crippen molar-refractivity contribution in [3.63, 3.8) is 0 Å². The summed E-state index contributed by atoms with van der Waals surface area (Å²) >= 11 is 1.52. The number of amides is 1. The molecule has 22 heavy (non-hydrogen) atoms. The zero-order chi connectivity index (χ0) is 15.4. The van der Waals surface area contributed by atoms with E-state index in [1.165, 1.54) is 11.3 Å². The summed E-state index contributed by atoms with van der Waals surface area (Å²) in [4.78, 5) is 18.6. The van der Waals surface area contributed by atoms with Crippen molar-refractivity contribution < 1.29 is 14.6 Å². The second-order valence-corrected chi connectivity index (χ2v) is 6.01. The van der Waals surface area contributed by atoms with Crippen LogP contribution in [-0.2, 0) is 6.61 Å². The van der Waals surface area contributed by atoms with Crippen LogP contribution in [0.5, 0.6) is 5.75 Å². The van der Waals surface area contributed by atoms with Crippen molar-refractivity contribution in [2.24, 2.45) is 0 Å². The number of carbonyl (C=O) groups is 1. The van der Waals surface area contributed by atoms with Crippen LogP contribution in [-0.4, -0.2) is 40.1 Å². The number of hydrogen-bond acceptors (Lipinski definition) is 5. The normalized spacial score (nSPS) is 15.8. The van der Waals surface area contributed by atoms with Crippen molar-refractivity contribution in [1.82, 2.24) is 9.88 Å². The molecular formula is C16H18N2O3S. The highest BCUT2D eigenvalue weighted by Crippen LogP contribution is 2.23. The van der Waals surface area contributed by atoms with Gasteiger partial charge in [-0.05, 0) is 25.0 Å². The lowest BCUT2D eigenvalue weighted by molar-refractivity contribution is 0.0543. The lowest BCUT2D eigenvalue weighted by Crippen LogP contribution is -2.40. The van der Waals surface area contributed by atoms with Crippen LogP contribution in [0.4, 0.5) is 0 Å². The average Bonchev–Trinajstić information content (AvgIpc) is 3.07. The summed E-state index contributed by atoms with van der Waals surface area (Å²) in [5.74, 6) is 0.535. The van der Waals surface area contributed by atoms with Gasteiger partial charge in [0, 0.05) is 18.5 Å². The molecule has 0 atom stereocenters. The minimum absolute atomic E-state index is 0.0409. The summed E-state index contributed by atoms with van der Waals surface area (Å²) < 4.78 is 5.76. The van der Waals surface area contributed by atoms with Gasteiger partial charge in [0.15, 0.2) is 0 Å². The molecule has 1 aliphatic rings. The fourth-order valence-corrected chi connectivity index (χ4v) is 3.01. The third-order valence-corrected chi connectivity index (χ3v) is 4.36. The van der Waals surface area contributed by atoms with Crippen LogP contribution in [0.25, 0.3) is 0 Å². The largest absolute Gasteiger partial charge is 0.486 e. The smallest absolute Gasteiger partial charge is 0.257 e. The number of aromatic nitrogens is 1. The Labute approximate surface area is 133 Å².